The number of carbonyl (C=O) groups is 1. The van der Waals surface area contributed by atoms with Crippen molar-refractivity contribution in [2.45, 2.75) is 44.1 Å². The molecule has 1 aliphatic heterocycles. The van der Waals surface area contributed by atoms with Crippen LogP contribution in [0.2, 0.25) is 5.02 Å². The molecular weight excluding hydrogens is 305 g/mol. The van der Waals surface area contributed by atoms with Crippen molar-refractivity contribution < 1.29 is 14.3 Å². The van der Waals surface area contributed by atoms with Gasteiger partial charge < -0.3 is 10.0 Å². The van der Waals surface area contributed by atoms with Crippen LogP contribution in [0.5, 0.6) is 0 Å². The third-order valence-electron chi connectivity index (χ3n) is 5.14. The third kappa shape index (κ3) is 3.13. The van der Waals surface area contributed by atoms with E-state index in [4.69, 9.17) is 11.6 Å². The minimum Gasteiger partial charge on any atom is -0.389 e. The van der Waals surface area contributed by atoms with E-state index in [-0.39, 0.29) is 18.2 Å². The van der Waals surface area contributed by atoms with E-state index in [2.05, 4.69) is 0 Å². The van der Waals surface area contributed by atoms with Crippen molar-refractivity contribution in [2.24, 2.45) is 5.92 Å². The van der Waals surface area contributed by atoms with Gasteiger partial charge in [-0.2, -0.15) is 0 Å². The van der Waals surface area contributed by atoms with Gasteiger partial charge in [-0.3, -0.25) is 4.79 Å². The molecule has 0 aromatic heterocycles. The van der Waals surface area contributed by atoms with Gasteiger partial charge in [0.25, 0.3) is 0 Å². The Bertz CT molecular complexity index is 580. The van der Waals surface area contributed by atoms with Crippen LogP contribution in [-0.4, -0.2) is 34.6 Å². The predicted octanol–water partition coefficient (Wildman–Crippen LogP) is 3.18. The third-order valence-corrected chi connectivity index (χ3v) is 5.49. The smallest absolute Gasteiger partial charge is 0.227 e. The zero-order chi connectivity index (χ0) is 15.7. The molecule has 2 fully saturated rings. The van der Waals surface area contributed by atoms with Crippen LogP contribution in [0.25, 0.3) is 0 Å². The number of likely N-dealkylation sites (tertiary alicyclic amines) is 1. The molecule has 1 aromatic rings. The first-order valence-electron chi connectivity index (χ1n) is 7.92. The summed E-state index contributed by atoms with van der Waals surface area (Å²) in [5.41, 5.74) is 0.0697. The number of nitrogens with zero attached hydrogens (tertiary/aromatic N) is 1. The number of hydrogen-bond acceptors (Lipinski definition) is 2. The molecule has 2 atom stereocenters. The fourth-order valence-corrected chi connectivity index (χ4v) is 3.97. The lowest BCUT2D eigenvalue weighted by atomic mass is 9.71. The Morgan fingerprint density at radius 3 is 3.00 bits per heavy atom. The maximum absolute atomic E-state index is 13.1. The number of halogens is 2. The molecule has 0 spiro atoms. The van der Waals surface area contributed by atoms with Crippen molar-refractivity contribution in [2.75, 3.05) is 13.1 Å². The molecule has 0 bridgehead atoms. The molecule has 1 aromatic carbocycles. The molecule has 22 heavy (non-hydrogen) atoms. The Labute approximate surface area is 135 Å². The zero-order valence-electron chi connectivity index (χ0n) is 12.5. The van der Waals surface area contributed by atoms with Crippen molar-refractivity contribution in [1.82, 2.24) is 4.90 Å². The van der Waals surface area contributed by atoms with Crippen molar-refractivity contribution in [1.29, 1.82) is 0 Å². The van der Waals surface area contributed by atoms with Crippen LogP contribution in [0, 0.1) is 11.7 Å². The molecule has 3 nitrogen and oxygen atoms in total. The first-order chi connectivity index (χ1) is 10.5. The summed E-state index contributed by atoms with van der Waals surface area (Å²) < 4.78 is 13.1. The minimum atomic E-state index is -0.581. The molecule has 1 amide bonds. The van der Waals surface area contributed by atoms with Crippen molar-refractivity contribution in [3.63, 3.8) is 0 Å². The van der Waals surface area contributed by atoms with E-state index in [0.29, 0.717) is 30.1 Å². The quantitative estimate of drug-likeness (QED) is 0.907. The maximum Gasteiger partial charge on any atom is 0.227 e. The molecule has 0 radical (unpaired) electrons. The van der Waals surface area contributed by atoms with E-state index >= 15 is 0 Å². The molecule has 1 heterocycles. The van der Waals surface area contributed by atoms with Crippen LogP contribution in [0.4, 0.5) is 4.39 Å². The lowest BCUT2D eigenvalue weighted by Crippen LogP contribution is -2.54. The summed E-state index contributed by atoms with van der Waals surface area (Å²) in [5.74, 6) is -0.213. The fourth-order valence-electron chi connectivity index (χ4n) is 3.74. The summed E-state index contributed by atoms with van der Waals surface area (Å²) in [4.78, 5) is 14.3. The highest BCUT2D eigenvalue weighted by Crippen LogP contribution is 2.39. The Kier molecular flexibility index (Phi) is 4.42. The Morgan fingerprint density at radius 1 is 1.41 bits per heavy atom. The van der Waals surface area contributed by atoms with E-state index in [1.54, 1.807) is 6.07 Å². The van der Waals surface area contributed by atoms with Gasteiger partial charge in [0, 0.05) is 24.0 Å². The second-order valence-corrected chi connectivity index (χ2v) is 6.96. The number of aliphatic hydroxyl groups is 1. The largest absolute Gasteiger partial charge is 0.389 e. The number of hydrogen-bond donors (Lipinski definition) is 1. The second kappa shape index (κ2) is 6.17. The van der Waals surface area contributed by atoms with E-state index < -0.39 is 11.4 Å². The standard InChI is InChI=1S/C17H21ClFNO2/c18-15-10-14(19)5-4-12(15)9-16(21)20-8-7-17(22)6-2-1-3-13(17)11-20/h4-5,10,13,22H,1-3,6-9,11H2/t13-,17-/m0/s1. The van der Waals surface area contributed by atoms with Crippen LogP contribution in [0.3, 0.4) is 0 Å². The summed E-state index contributed by atoms with van der Waals surface area (Å²) in [6.07, 6.45) is 4.87. The highest BCUT2D eigenvalue weighted by molar-refractivity contribution is 6.31. The number of piperidine rings is 1. The molecule has 1 aliphatic carbocycles. The highest BCUT2D eigenvalue weighted by Gasteiger charge is 2.43. The van der Waals surface area contributed by atoms with Crippen LogP contribution >= 0.6 is 11.6 Å². The monoisotopic (exact) mass is 325 g/mol. The highest BCUT2D eigenvalue weighted by atomic mass is 35.5. The van der Waals surface area contributed by atoms with Gasteiger partial charge in [-0.15, -0.1) is 0 Å². The van der Waals surface area contributed by atoms with Gasteiger partial charge in [0.15, 0.2) is 0 Å². The number of carbonyl (C=O) groups excluding carboxylic acids is 1. The SMILES string of the molecule is O=C(Cc1ccc(F)cc1Cl)N1CC[C@@]2(O)CCCC[C@H]2C1. The van der Waals surface area contributed by atoms with Gasteiger partial charge in [-0.1, -0.05) is 30.5 Å². The minimum absolute atomic E-state index is 0.00105. The summed E-state index contributed by atoms with van der Waals surface area (Å²) in [6.45, 7) is 1.21. The zero-order valence-corrected chi connectivity index (χ0v) is 13.3. The number of amides is 1. The first kappa shape index (κ1) is 15.8. The topological polar surface area (TPSA) is 40.5 Å². The Balaban J connectivity index is 1.66. The molecule has 2 aliphatic rings. The van der Waals surface area contributed by atoms with Crippen LogP contribution < -0.4 is 0 Å². The summed E-state index contributed by atoms with van der Waals surface area (Å²) >= 11 is 5.99. The summed E-state index contributed by atoms with van der Waals surface area (Å²) in [7, 11) is 0. The lowest BCUT2D eigenvalue weighted by molar-refractivity contribution is -0.142. The van der Waals surface area contributed by atoms with Gasteiger partial charge in [0.2, 0.25) is 5.91 Å². The Hall–Kier alpha value is -1.13. The van der Waals surface area contributed by atoms with E-state index in [9.17, 15) is 14.3 Å². The molecule has 0 unspecified atom stereocenters. The van der Waals surface area contributed by atoms with Crippen LogP contribution in [0.15, 0.2) is 18.2 Å². The lowest BCUT2D eigenvalue weighted by Gasteiger charge is -2.47. The fraction of sp³-hybridized carbons (Fsp3) is 0.588. The van der Waals surface area contributed by atoms with E-state index in [1.165, 1.54) is 12.1 Å². The normalized spacial score (nSPS) is 28.3. The van der Waals surface area contributed by atoms with Crippen molar-refractivity contribution >= 4 is 17.5 Å². The predicted molar refractivity (Wildman–Crippen MR) is 83.2 cm³/mol. The van der Waals surface area contributed by atoms with Crippen molar-refractivity contribution in [3.8, 4) is 0 Å². The van der Waals surface area contributed by atoms with Crippen LogP contribution in [-0.2, 0) is 11.2 Å². The second-order valence-electron chi connectivity index (χ2n) is 6.55. The number of benzene rings is 1. The van der Waals surface area contributed by atoms with Gasteiger partial charge in [0.1, 0.15) is 5.82 Å². The van der Waals surface area contributed by atoms with Gasteiger partial charge in [-0.25, -0.2) is 4.39 Å². The van der Waals surface area contributed by atoms with Gasteiger partial charge in [-0.05, 0) is 37.0 Å². The van der Waals surface area contributed by atoms with Crippen molar-refractivity contribution in [3.05, 3.63) is 34.6 Å². The molecule has 1 N–H and O–H groups in total. The summed E-state index contributed by atoms with van der Waals surface area (Å²) in [5, 5.41) is 10.9. The first-order valence-corrected chi connectivity index (χ1v) is 8.30. The molecule has 3 rings (SSSR count). The molecule has 5 heteroatoms. The van der Waals surface area contributed by atoms with Gasteiger partial charge in [0.05, 0.1) is 12.0 Å². The Morgan fingerprint density at radius 2 is 2.23 bits per heavy atom. The average molecular weight is 326 g/mol. The molecule has 1 saturated carbocycles. The number of rotatable bonds is 2. The summed E-state index contributed by atoms with van der Waals surface area (Å²) in [6, 6.07) is 4.13. The molecular formula is C17H21ClFNO2. The maximum atomic E-state index is 13.1. The van der Waals surface area contributed by atoms with E-state index in [1.807, 2.05) is 4.90 Å². The molecule has 120 valence electrons. The average Bonchev–Trinajstić information content (AvgIpc) is 2.49. The van der Waals surface area contributed by atoms with Crippen LogP contribution in [0.1, 0.15) is 37.7 Å². The molecule has 1 saturated heterocycles. The van der Waals surface area contributed by atoms with E-state index in [0.717, 1.165) is 25.7 Å². The van der Waals surface area contributed by atoms with Gasteiger partial charge >= 0.3 is 0 Å². The number of fused-ring (bicyclic) bond motifs is 1.